The van der Waals surface area contributed by atoms with Crippen LogP contribution in [0.1, 0.15) is 23.2 Å². The predicted octanol–water partition coefficient (Wildman–Crippen LogP) is 2.94. The zero-order chi connectivity index (χ0) is 22.8. The molecular weight excluding hydrogens is 426 g/mol. The summed E-state index contributed by atoms with van der Waals surface area (Å²) in [5.74, 6) is 0.226. The molecule has 0 unspecified atom stereocenters. The molecule has 4 aromatic rings. The van der Waals surface area contributed by atoms with E-state index in [-0.39, 0.29) is 23.0 Å². The van der Waals surface area contributed by atoms with Crippen molar-refractivity contribution in [2.24, 2.45) is 0 Å². The zero-order valence-corrected chi connectivity index (χ0v) is 17.4. The van der Waals surface area contributed by atoms with Gasteiger partial charge in [-0.2, -0.15) is 10.2 Å². The topological polar surface area (TPSA) is 129 Å². The Morgan fingerprint density at radius 1 is 1.15 bits per heavy atom. The van der Waals surface area contributed by atoms with Crippen molar-refractivity contribution < 1.29 is 14.5 Å². The average molecular weight is 445 g/mol. The second-order valence-electron chi connectivity index (χ2n) is 7.65. The highest BCUT2D eigenvalue weighted by molar-refractivity contribution is 5.92. The molecule has 1 aliphatic heterocycles. The van der Waals surface area contributed by atoms with Crippen LogP contribution in [0.3, 0.4) is 0 Å². The van der Waals surface area contributed by atoms with Crippen LogP contribution in [0.5, 0.6) is 0 Å². The van der Waals surface area contributed by atoms with Gasteiger partial charge in [0.25, 0.3) is 5.69 Å². The second kappa shape index (κ2) is 8.61. The first-order chi connectivity index (χ1) is 16.1. The lowest BCUT2D eigenvalue weighted by atomic mass is 10.1. The molecule has 1 fully saturated rings. The van der Waals surface area contributed by atoms with Gasteiger partial charge in [-0.1, -0.05) is 24.3 Å². The van der Waals surface area contributed by atoms with Gasteiger partial charge < -0.3 is 9.64 Å². The zero-order valence-electron chi connectivity index (χ0n) is 17.4. The van der Waals surface area contributed by atoms with E-state index in [9.17, 15) is 14.9 Å². The molecule has 0 saturated carbocycles. The van der Waals surface area contributed by atoms with Crippen LogP contribution in [0.2, 0.25) is 0 Å². The summed E-state index contributed by atoms with van der Waals surface area (Å²) in [4.78, 5) is 29.6. The molecule has 3 heterocycles. The maximum Gasteiger partial charge on any atom is 0.338 e. The van der Waals surface area contributed by atoms with Crippen LogP contribution in [0.4, 0.5) is 11.5 Å². The van der Waals surface area contributed by atoms with Crippen LogP contribution in [0.25, 0.3) is 16.5 Å². The Hall–Kier alpha value is -4.41. The fourth-order valence-electron chi connectivity index (χ4n) is 3.97. The van der Waals surface area contributed by atoms with Crippen LogP contribution in [-0.2, 0) is 4.74 Å². The SMILES string of the molecule is O=C(OC1CCN(c2nncc3ccccc23)CC1)c1ccc(-n2cncn2)c([N+](=O)[O-])c1. The first kappa shape index (κ1) is 20.5. The molecule has 0 amide bonds. The van der Waals surface area contributed by atoms with E-state index >= 15 is 0 Å². The highest BCUT2D eigenvalue weighted by Crippen LogP contribution is 2.28. The smallest absolute Gasteiger partial charge is 0.338 e. The molecule has 5 rings (SSSR count). The van der Waals surface area contributed by atoms with E-state index in [2.05, 4.69) is 25.2 Å². The minimum Gasteiger partial charge on any atom is -0.459 e. The van der Waals surface area contributed by atoms with E-state index in [0.29, 0.717) is 25.9 Å². The first-order valence-electron chi connectivity index (χ1n) is 10.4. The maximum atomic E-state index is 12.7. The van der Waals surface area contributed by atoms with Gasteiger partial charge in [0, 0.05) is 42.8 Å². The summed E-state index contributed by atoms with van der Waals surface area (Å²) >= 11 is 0. The first-order valence-corrected chi connectivity index (χ1v) is 10.4. The number of hydrogen-bond acceptors (Lipinski definition) is 9. The van der Waals surface area contributed by atoms with Crippen LogP contribution < -0.4 is 4.90 Å². The number of fused-ring (bicyclic) bond motifs is 1. The Kier molecular flexibility index (Phi) is 5.35. The lowest BCUT2D eigenvalue weighted by molar-refractivity contribution is -0.384. The number of esters is 1. The Morgan fingerprint density at radius 2 is 1.97 bits per heavy atom. The molecule has 2 aromatic carbocycles. The number of anilines is 1. The van der Waals surface area contributed by atoms with Gasteiger partial charge in [-0.05, 0) is 12.1 Å². The van der Waals surface area contributed by atoms with Crippen molar-refractivity contribution in [3.63, 3.8) is 0 Å². The molecule has 0 atom stereocenters. The fraction of sp³-hybridized carbons (Fsp3) is 0.227. The number of rotatable bonds is 5. The summed E-state index contributed by atoms with van der Waals surface area (Å²) in [7, 11) is 0. The number of hydrogen-bond donors (Lipinski definition) is 0. The van der Waals surface area contributed by atoms with E-state index < -0.39 is 10.9 Å². The highest BCUT2D eigenvalue weighted by Gasteiger charge is 2.26. The van der Waals surface area contributed by atoms with E-state index in [1.807, 2.05) is 24.3 Å². The van der Waals surface area contributed by atoms with Gasteiger partial charge in [0.05, 0.1) is 16.7 Å². The number of ether oxygens (including phenoxy) is 1. The molecule has 11 nitrogen and oxygen atoms in total. The Bertz CT molecular complexity index is 1310. The molecule has 1 aliphatic rings. The molecule has 0 bridgehead atoms. The predicted molar refractivity (Wildman–Crippen MR) is 118 cm³/mol. The van der Waals surface area contributed by atoms with E-state index in [1.54, 1.807) is 6.20 Å². The molecule has 0 radical (unpaired) electrons. The monoisotopic (exact) mass is 445 g/mol. The Labute approximate surface area is 187 Å². The lowest BCUT2D eigenvalue weighted by Gasteiger charge is -2.32. The summed E-state index contributed by atoms with van der Waals surface area (Å²) < 4.78 is 6.93. The molecule has 166 valence electrons. The Morgan fingerprint density at radius 3 is 2.73 bits per heavy atom. The standard InChI is InChI=1S/C22H19N7O4/c30-22(15-5-6-19(20(11-15)29(31)32)28-14-23-13-25-28)33-17-7-9-27(10-8-17)21-18-4-2-1-3-16(18)12-24-26-21/h1-6,11-14,17H,7-10H2. The molecule has 2 aromatic heterocycles. The van der Waals surface area contributed by atoms with E-state index in [4.69, 9.17) is 4.74 Å². The van der Waals surface area contributed by atoms with E-state index in [0.717, 1.165) is 16.6 Å². The molecule has 0 aliphatic carbocycles. The number of aromatic nitrogens is 5. The summed E-state index contributed by atoms with van der Waals surface area (Å²) in [6.45, 7) is 1.32. The highest BCUT2D eigenvalue weighted by atomic mass is 16.6. The van der Waals surface area contributed by atoms with Gasteiger partial charge in [-0.3, -0.25) is 10.1 Å². The minimum atomic E-state index is -0.591. The Balaban J connectivity index is 1.27. The fourth-order valence-corrected chi connectivity index (χ4v) is 3.97. The molecule has 0 spiro atoms. The van der Waals surface area contributed by atoms with E-state index in [1.165, 1.54) is 35.5 Å². The van der Waals surface area contributed by atoms with Crippen LogP contribution in [-0.4, -0.2) is 55.0 Å². The molecule has 1 saturated heterocycles. The summed E-state index contributed by atoms with van der Waals surface area (Å²) in [5.41, 5.74) is 0.0887. The van der Waals surface area contributed by atoms with Crippen molar-refractivity contribution in [1.82, 2.24) is 25.0 Å². The van der Waals surface area contributed by atoms with Gasteiger partial charge in [-0.15, -0.1) is 5.10 Å². The number of nitrogens with zero attached hydrogens (tertiary/aromatic N) is 7. The van der Waals surface area contributed by atoms with Crippen LogP contribution in [0.15, 0.2) is 61.3 Å². The van der Waals surface area contributed by atoms with Gasteiger partial charge in [-0.25, -0.2) is 14.5 Å². The van der Waals surface area contributed by atoms with Crippen LogP contribution in [0, 0.1) is 10.1 Å². The number of nitro groups is 1. The van der Waals surface area contributed by atoms with Crippen molar-refractivity contribution in [1.29, 1.82) is 0 Å². The van der Waals surface area contributed by atoms with Crippen molar-refractivity contribution in [3.8, 4) is 5.69 Å². The normalized spacial score (nSPS) is 14.4. The lowest BCUT2D eigenvalue weighted by Crippen LogP contribution is -2.38. The second-order valence-corrected chi connectivity index (χ2v) is 7.65. The minimum absolute atomic E-state index is 0.118. The van der Waals surface area contributed by atoms with Crippen LogP contribution >= 0.6 is 0 Å². The summed E-state index contributed by atoms with van der Waals surface area (Å²) in [5, 5.41) is 25.9. The number of carbonyl (C=O) groups is 1. The van der Waals surface area contributed by atoms with Crippen molar-refractivity contribution in [2.75, 3.05) is 18.0 Å². The van der Waals surface area contributed by atoms with Crippen molar-refractivity contribution >= 4 is 28.2 Å². The average Bonchev–Trinajstić information content (AvgIpc) is 3.39. The number of nitro benzene ring substituents is 1. The maximum absolute atomic E-state index is 12.7. The van der Waals surface area contributed by atoms with Gasteiger partial charge >= 0.3 is 5.97 Å². The molecular formula is C22H19N7O4. The van der Waals surface area contributed by atoms with Crippen molar-refractivity contribution in [2.45, 2.75) is 18.9 Å². The molecule has 0 N–H and O–H groups in total. The van der Waals surface area contributed by atoms with Gasteiger partial charge in [0.1, 0.15) is 24.4 Å². The molecule has 33 heavy (non-hydrogen) atoms. The summed E-state index contributed by atoms with van der Waals surface area (Å²) in [6.07, 6.45) is 5.33. The third-order valence-electron chi connectivity index (χ3n) is 5.64. The molecule has 11 heteroatoms. The quantitative estimate of drug-likeness (QED) is 0.258. The largest absolute Gasteiger partial charge is 0.459 e. The van der Waals surface area contributed by atoms with Gasteiger partial charge in [0.2, 0.25) is 0 Å². The number of piperidine rings is 1. The third-order valence-corrected chi connectivity index (χ3v) is 5.64. The number of benzene rings is 2. The number of carbonyl (C=O) groups excluding carboxylic acids is 1. The summed E-state index contributed by atoms with van der Waals surface area (Å²) in [6, 6.07) is 12.1. The van der Waals surface area contributed by atoms with Crippen molar-refractivity contribution in [3.05, 3.63) is 77.0 Å². The van der Waals surface area contributed by atoms with Gasteiger partial charge in [0.15, 0.2) is 5.82 Å². The third kappa shape index (κ3) is 4.07.